The topological polar surface area (TPSA) is 101 Å². The zero-order valence-corrected chi connectivity index (χ0v) is 24.3. The number of rotatable bonds is 6. The molecule has 1 aliphatic rings. The number of pyridine rings is 1. The van der Waals surface area contributed by atoms with Gasteiger partial charge >= 0.3 is 12.3 Å². The molecule has 0 aliphatic carbocycles. The zero-order chi connectivity index (χ0) is 31.1. The number of aromatic nitrogens is 1. The maximum absolute atomic E-state index is 13.3. The van der Waals surface area contributed by atoms with Gasteiger partial charge < -0.3 is 15.6 Å². The average molecular weight is 631 g/mol. The summed E-state index contributed by atoms with van der Waals surface area (Å²) in [6.45, 7) is 2.28. The second-order valence-corrected chi connectivity index (χ2v) is 10.2. The number of halogens is 5. The predicted molar refractivity (Wildman–Crippen MR) is 160 cm³/mol. The summed E-state index contributed by atoms with van der Waals surface area (Å²) in [5, 5.41) is 11.2. The van der Waals surface area contributed by atoms with Crippen LogP contribution in [-0.2, 0) is 12.7 Å². The molecule has 2 atom stereocenters. The normalized spacial score (nSPS) is 16.3. The van der Waals surface area contributed by atoms with Gasteiger partial charge in [0.1, 0.15) is 17.6 Å². The third kappa shape index (κ3) is 7.64. The predicted octanol–water partition coefficient (Wildman–Crippen LogP) is 8.17. The Morgan fingerprint density at radius 3 is 2.12 bits per heavy atom. The lowest BCUT2D eigenvalue weighted by Gasteiger charge is -2.27. The fraction of sp³-hybridized carbons (Fsp3) is 0.194. The van der Waals surface area contributed by atoms with Gasteiger partial charge in [0.2, 0.25) is 0 Å². The number of alkyl halides is 3. The van der Waals surface area contributed by atoms with Crippen LogP contribution in [0.3, 0.4) is 0 Å². The SMILES string of the molecule is CCOc1cc(C(F)(F)F)ccc1C1=NC(c2ccc(Cl)cc2)C(c2ccc(Cl)cc2)N1C(=O)O.NCc1cccnc1. The number of carboxylic acid groups (broad SMARTS) is 1. The van der Waals surface area contributed by atoms with Crippen molar-refractivity contribution in [3.05, 3.63) is 129 Å². The molecule has 5 rings (SSSR count). The van der Waals surface area contributed by atoms with Gasteiger partial charge in [0.15, 0.2) is 0 Å². The number of nitrogens with two attached hydrogens (primary N) is 1. The maximum Gasteiger partial charge on any atom is 0.416 e. The highest BCUT2D eigenvalue weighted by Crippen LogP contribution is 2.45. The van der Waals surface area contributed by atoms with Crippen LogP contribution in [0, 0.1) is 0 Å². The number of carbonyl (C=O) groups is 1. The number of amidine groups is 1. The molecule has 1 amide bonds. The molecule has 3 aromatic carbocycles. The largest absolute Gasteiger partial charge is 0.493 e. The van der Waals surface area contributed by atoms with Crippen molar-refractivity contribution in [1.82, 2.24) is 9.88 Å². The van der Waals surface area contributed by atoms with Crippen molar-refractivity contribution in [1.29, 1.82) is 0 Å². The Hall–Kier alpha value is -4.12. The lowest BCUT2D eigenvalue weighted by atomic mass is 9.94. The summed E-state index contributed by atoms with van der Waals surface area (Å²) < 4.78 is 45.5. The van der Waals surface area contributed by atoms with Gasteiger partial charge in [0.05, 0.1) is 23.8 Å². The second kappa shape index (κ2) is 13.9. The molecule has 7 nitrogen and oxygen atoms in total. The number of benzene rings is 3. The molecular formula is C31H27Cl2F3N4O3. The molecule has 0 radical (unpaired) electrons. The monoisotopic (exact) mass is 630 g/mol. The molecule has 0 fully saturated rings. The Labute approximate surface area is 256 Å². The van der Waals surface area contributed by atoms with Gasteiger partial charge in [-0.15, -0.1) is 0 Å². The summed E-state index contributed by atoms with van der Waals surface area (Å²) in [4.78, 5) is 22.2. The number of ether oxygens (including phenoxy) is 1. The van der Waals surface area contributed by atoms with Crippen molar-refractivity contribution in [3.63, 3.8) is 0 Å². The van der Waals surface area contributed by atoms with E-state index < -0.39 is 29.9 Å². The van der Waals surface area contributed by atoms with Crippen LogP contribution < -0.4 is 10.5 Å². The number of amides is 1. The average Bonchev–Trinajstić information content (AvgIpc) is 3.39. The summed E-state index contributed by atoms with van der Waals surface area (Å²) in [6.07, 6.45) is -2.41. The van der Waals surface area contributed by atoms with Gasteiger partial charge in [0.25, 0.3) is 0 Å². The Balaban J connectivity index is 0.000000458. The number of hydrogen-bond acceptors (Lipinski definition) is 5. The van der Waals surface area contributed by atoms with Crippen LogP contribution in [0.15, 0.2) is 96.2 Å². The molecule has 0 bridgehead atoms. The van der Waals surface area contributed by atoms with Gasteiger partial charge in [0, 0.05) is 29.0 Å². The highest BCUT2D eigenvalue weighted by Gasteiger charge is 2.43. The van der Waals surface area contributed by atoms with Crippen LogP contribution in [-0.4, -0.2) is 33.5 Å². The fourth-order valence-corrected chi connectivity index (χ4v) is 4.78. The summed E-state index contributed by atoms with van der Waals surface area (Å²) in [5.41, 5.74) is 6.91. The van der Waals surface area contributed by atoms with Crippen LogP contribution in [0.4, 0.5) is 18.0 Å². The van der Waals surface area contributed by atoms with E-state index in [4.69, 9.17) is 38.7 Å². The molecule has 2 unspecified atom stereocenters. The van der Waals surface area contributed by atoms with E-state index in [9.17, 15) is 23.1 Å². The van der Waals surface area contributed by atoms with Gasteiger partial charge in [-0.2, -0.15) is 13.2 Å². The summed E-state index contributed by atoms with van der Waals surface area (Å²) >= 11 is 12.1. The highest BCUT2D eigenvalue weighted by molar-refractivity contribution is 6.30. The molecule has 0 saturated carbocycles. The van der Waals surface area contributed by atoms with Crippen LogP contribution in [0.25, 0.3) is 0 Å². The first-order chi connectivity index (χ1) is 20.5. The zero-order valence-electron chi connectivity index (χ0n) is 22.8. The first kappa shape index (κ1) is 31.8. The smallest absolute Gasteiger partial charge is 0.416 e. The van der Waals surface area contributed by atoms with Gasteiger partial charge in [-0.1, -0.05) is 53.5 Å². The molecule has 2 heterocycles. The van der Waals surface area contributed by atoms with E-state index in [-0.39, 0.29) is 23.8 Å². The molecule has 224 valence electrons. The van der Waals surface area contributed by atoms with E-state index in [1.807, 2.05) is 12.1 Å². The molecule has 3 N–H and O–H groups in total. The number of hydrogen-bond donors (Lipinski definition) is 2. The summed E-state index contributed by atoms with van der Waals surface area (Å²) in [7, 11) is 0. The van der Waals surface area contributed by atoms with Crippen molar-refractivity contribution in [2.75, 3.05) is 6.61 Å². The number of aliphatic imine (C=N–C) groups is 1. The lowest BCUT2D eigenvalue weighted by Crippen LogP contribution is -2.37. The van der Waals surface area contributed by atoms with E-state index in [0.29, 0.717) is 27.7 Å². The molecule has 0 spiro atoms. The Morgan fingerprint density at radius 1 is 1.00 bits per heavy atom. The van der Waals surface area contributed by atoms with Crippen molar-refractivity contribution in [2.45, 2.75) is 31.7 Å². The van der Waals surface area contributed by atoms with E-state index in [1.165, 1.54) is 6.07 Å². The summed E-state index contributed by atoms with van der Waals surface area (Å²) in [6, 6.07) is 18.7. The molecule has 1 aromatic heterocycles. The van der Waals surface area contributed by atoms with Crippen molar-refractivity contribution >= 4 is 35.1 Å². The third-order valence-electron chi connectivity index (χ3n) is 6.50. The molecule has 4 aromatic rings. The van der Waals surface area contributed by atoms with Crippen molar-refractivity contribution < 1.29 is 27.8 Å². The Morgan fingerprint density at radius 2 is 1.63 bits per heavy atom. The minimum Gasteiger partial charge on any atom is -0.493 e. The fourth-order valence-electron chi connectivity index (χ4n) is 4.53. The quantitative estimate of drug-likeness (QED) is 0.224. The first-order valence-corrected chi connectivity index (χ1v) is 13.8. The van der Waals surface area contributed by atoms with Crippen LogP contribution >= 0.6 is 23.2 Å². The minimum atomic E-state index is -4.59. The molecule has 1 aliphatic heterocycles. The van der Waals surface area contributed by atoms with E-state index in [1.54, 1.807) is 67.8 Å². The maximum atomic E-state index is 13.3. The second-order valence-electron chi connectivity index (χ2n) is 9.31. The Kier molecular flexibility index (Phi) is 10.3. The van der Waals surface area contributed by atoms with Gasteiger partial charge in [-0.25, -0.2) is 4.79 Å². The van der Waals surface area contributed by atoms with E-state index >= 15 is 0 Å². The standard InChI is InChI=1S/C25H19Cl2F3N2O3.C6H8N2/c1-2-35-20-13-16(25(28,29)30)7-12-19(20)23-31-21(14-3-8-17(26)9-4-14)22(32(23)24(33)34)15-5-10-18(27)11-6-15;7-4-6-2-1-3-8-5-6/h3-13,21-22H,2H2,1H3,(H,33,34);1-3,5H,4,7H2. The van der Waals surface area contributed by atoms with Crippen molar-refractivity contribution in [3.8, 4) is 5.75 Å². The number of nitrogens with zero attached hydrogens (tertiary/aromatic N) is 3. The minimum absolute atomic E-state index is 0.0189. The Bertz CT molecular complexity index is 1570. The van der Waals surface area contributed by atoms with Crippen molar-refractivity contribution in [2.24, 2.45) is 10.7 Å². The molecule has 12 heteroatoms. The van der Waals surface area contributed by atoms with Crippen LogP contribution in [0.5, 0.6) is 5.75 Å². The summed E-state index contributed by atoms with van der Waals surface area (Å²) in [5.74, 6) is -0.131. The van der Waals surface area contributed by atoms with Crippen LogP contribution in [0.2, 0.25) is 10.0 Å². The first-order valence-electron chi connectivity index (χ1n) is 13.1. The lowest BCUT2D eigenvalue weighted by molar-refractivity contribution is -0.137. The highest BCUT2D eigenvalue weighted by atomic mass is 35.5. The molecule has 0 saturated heterocycles. The van der Waals surface area contributed by atoms with Gasteiger partial charge in [-0.3, -0.25) is 14.9 Å². The molecular weight excluding hydrogens is 604 g/mol. The van der Waals surface area contributed by atoms with Gasteiger partial charge in [-0.05, 0) is 72.1 Å². The van der Waals surface area contributed by atoms with E-state index in [0.717, 1.165) is 22.6 Å². The third-order valence-corrected chi connectivity index (χ3v) is 7.01. The van der Waals surface area contributed by atoms with E-state index in [2.05, 4.69) is 4.98 Å². The molecule has 43 heavy (non-hydrogen) atoms. The van der Waals surface area contributed by atoms with Crippen LogP contribution in [0.1, 0.15) is 46.8 Å².